The van der Waals surface area contributed by atoms with Crippen LogP contribution in [0.3, 0.4) is 0 Å². The van der Waals surface area contributed by atoms with Gasteiger partial charge in [0.2, 0.25) is 5.28 Å². The highest BCUT2D eigenvalue weighted by Crippen LogP contribution is 2.21. The predicted octanol–water partition coefficient (Wildman–Crippen LogP) is 3.58. The van der Waals surface area contributed by atoms with Gasteiger partial charge in [-0.3, -0.25) is 0 Å². The van der Waals surface area contributed by atoms with E-state index in [1.54, 1.807) is 11.8 Å². The van der Waals surface area contributed by atoms with Gasteiger partial charge in [-0.25, -0.2) is 9.97 Å². The molecule has 0 aliphatic carbocycles. The molecule has 2 nitrogen and oxygen atoms in total. The van der Waals surface area contributed by atoms with E-state index >= 15 is 0 Å². The van der Waals surface area contributed by atoms with Gasteiger partial charge in [-0.15, -0.1) is 11.8 Å². The molecule has 1 heterocycles. The summed E-state index contributed by atoms with van der Waals surface area (Å²) in [4.78, 5) is 8.18. The van der Waals surface area contributed by atoms with Crippen LogP contribution in [-0.2, 0) is 0 Å². The van der Waals surface area contributed by atoms with Gasteiger partial charge in [-0.05, 0) is 30.5 Å². The minimum Gasteiger partial charge on any atom is -0.223 e. The molecule has 1 atom stereocenters. The molecule has 0 saturated heterocycles. The van der Waals surface area contributed by atoms with Crippen LogP contribution >= 0.6 is 23.4 Å². The van der Waals surface area contributed by atoms with Gasteiger partial charge in [-0.1, -0.05) is 20.3 Å². The van der Waals surface area contributed by atoms with E-state index in [0.717, 1.165) is 16.5 Å². The van der Waals surface area contributed by atoms with Crippen molar-refractivity contribution in [2.75, 3.05) is 5.75 Å². The van der Waals surface area contributed by atoms with Crippen molar-refractivity contribution in [2.45, 2.75) is 32.2 Å². The van der Waals surface area contributed by atoms with Gasteiger partial charge in [0, 0.05) is 11.4 Å². The standard InChI is InChI=1S/C10H15ClN2S/c1-4-7(2)6-14-9-5-8(3)12-10(11)13-9/h5,7H,4,6H2,1-3H3. The summed E-state index contributed by atoms with van der Waals surface area (Å²) in [5.41, 5.74) is 0.927. The molecule has 0 N–H and O–H groups in total. The number of aromatic nitrogens is 2. The lowest BCUT2D eigenvalue weighted by atomic mass is 10.2. The van der Waals surface area contributed by atoms with Crippen LogP contribution in [0.4, 0.5) is 0 Å². The Balaban J connectivity index is 2.58. The maximum absolute atomic E-state index is 5.76. The zero-order valence-corrected chi connectivity index (χ0v) is 10.3. The second kappa shape index (κ2) is 5.56. The predicted molar refractivity (Wildman–Crippen MR) is 62.0 cm³/mol. The van der Waals surface area contributed by atoms with E-state index in [2.05, 4.69) is 23.8 Å². The van der Waals surface area contributed by atoms with Gasteiger partial charge in [-0.2, -0.15) is 0 Å². The van der Waals surface area contributed by atoms with Crippen molar-refractivity contribution >= 4 is 23.4 Å². The Morgan fingerprint density at radius 1 is 1.50 bits per heavy atom. The fourth-order valence-electron chi connectivity index (χ4n) is 0.924. The van der Waals surface area contributed by atoms with E-state index in [9.17, 15) is 0 Å². The third kappa shape index (κ3) is 3.84. The lowest BCUT2D eigenvalue weighted by Gasteiger charge is -2.07. The summed E-state index contributed by atoms with van der Waals surface area (Å²) in [6.45, 7) is 6.37. The summed E-state index contributed by atoms with van der Waals surface area (Å²) in [6, 6.07) is 1.97. The Morgan fingerprint density at radius 2 is 2.21 bits per heavy atom. The number of rotatable bonds is 4. The van der Waals surface area contributed by atoms with Gasteiger partial charge in [0.25, 0.3) is 0 Å². The molecule has 0 fully saturated rings. The summed E-state index contributed by atoms with van der Waals surface area (Å²) in [6.07, 6.45) is 1.20. The fraction of sp³-hybridized carbons (Fsp3) is 0.600. The van der Waals surface area contributed by atoms with Crippen molar-refractivity contribution in [1.29, 1.82) is 0 Å². The van der Waals surface area contributed by atoms with Gasteiger partial charge >= 0.3 is 0 Å². The van der Waals surface area contributed by atoms with Crippen LogP contribution < -0.4 is 0 Å². The quantitative estimate of drug-likeness (QED) is 0.449. The lowest BCUT2D eigenvalue weighted by Crippen LogP contribution is -1.97. The first-order chi connectivity index (χ1) is 6.61. The van der Waals surface area contributed by atoms with Crippen LogP contribution in [0.15, 0.2) is 11.1 Å². The van der Waals surface area contributed by atoms with Crippen LogP contribution in [0.1, 0.15) is 26.0 Å². The molecule has 1 unspecified atom stereocenters. The molecule has 0 bridgehead atoms. The molecule has 1 rings (SSSR count). The molecular weight excluding hydrogens is 216 g/mol. The van der Waals surface area contributed by atoms with Crippen LogP contribution in [-0.4, -0.2) is 15.7 Å². The highest BCUT2D eigenvalue weighted by Gasteiger charge is 2.03. The average molecular weight is 231 g/mol. The van der Waals surface area contributed by atoms with Gasteiger partial charge in [0.05, 0.1) is 0 Å². The SMILES string of the molecule is CCC(C)CSc1cc(C)nc(Cl)n1. The van der Waals surface area contributed by atoms with Crippen LogP contribution in [0.25, 0.3) is 0 Å². The maximum Gasteiger partial charge on any atom is 0.223 e. The number of hydrogen-bond donors (Lipinski definition) is 0. The monoisotopic (exact) mass is 230 g/mol. The van der Waals surface area contributed by atoms with Crippen molar-refractivity contribution in [3.8, 4) is 0 Å². The van der Waals surface area contributed by atoms with E-state index in [-0.39, 0.29) is 0 Å². The second-order valence-electron chi connectivity index (χ2n) is 3.44. The van der Waals surface area contributed by atoms with Crippen LogP contribution in [0.5, 0.6) is 0 Å². The Kier molecular flexibility index (Phi) is 4.69. The van der Waals surface area contributed by atoms with Crippen molar-refractivity contribution in [3.63, 3.8) is 0 Å². The lowest BCUT2D eigenvalue weighted by molar-refractivity contribution is 0.636. The zero-order chi connectivity index (χ0) is 10.6. The summed E-state index contributed by atoms with van der Waals surface area (Å²) < 4.78 is 0. The Morgan fingerprint density at radius 3 is 2.79 bits per heavy atom. The fourth-order valence-corrected chi connectivity index (χ4v) is 2.29. The molecule has 0 radical (unpaired) electrons. The Labute approximate surface area is 94.5 Å². The van der Waals surface area contributed by atoms with E-state index < -0.39 is 0 Å². The summed E-state index contributed by atoms with van der Waals surface area (Å²) in [5, 5.41) is 1.32. The summed E-state index contributed by atoms with van der Waals surface area (Å²) in [7, 11) is 0. The third-order valence-corrected chi connectivity index (χ3v) is 3.43. The molecule has 0 spiro atoms. The number of aryl methyl sites for hydroxylation is 1. The van der Waals surface area contributed by atoms with Crippen molar-refractivity contribution in [2.24, 2.45) is 5.92 Å². The second-order valence-corrected chi connectivity index (χ2v) is 4.82. The zero-order valence-electron chi connectivity index (χ0n) is 8.75. The highest BCUT2D eigenvalue weighted by molar-refractivity contribution is 7.99. The molecule has 78 valence electrons. The van der Waals surface area contributed by atoms with Gasteiger partial charge in [0.1, 0.15) is 5.03 Å². The van der Waals surface area contributed by atoms with E-state index in [4.69, 9.17) is 11.6 Å². The topological polar surface area (TPSA) is 25.8 Å². The molecule has 4 heteroatoms. The molecule has 1 aromatic heterocycles. The number of halogens is 1. The minimum absolute atomic E-state index is 0.344. The van der Waals surface area contributed by atoms with E-state index in [0.29, 0.717) is 11.2 Å². The molecule has 1 aromatic rings. The molecule has 0 aliphatic rings. The average Bonchev–Trinajstić information content (AvgIpc) is 2.12. The van der Waals surface area contributed by atoms with Crippen LogP contribution in [0.2, 0.25) is 5.28 Å². The Bertz CT molecular complexity index is 284. The number of hydrogen-bond acceptors (Lipinski definition) is 3. The van der Waals surface area contributed by atoms with Crippen molar-refractivity contribution in [3.05, 3.63) is 17.0 Å². The highest BCUT2D eigenvalue weighted by atomic mass is 35.5. The third-order valence-electron chi connectivity index (χ3n) is 2.02. The maximum atomic E-state index is 5.76. The van der Waals surface area contributed by atoms with E-state index in [1.165, 1.54) is 6.42 Å². The molecule has 0 aromatic carbocycles. The molecule has 0 saturated carbocycles. The van der Waals surface area contributed by atoms with Crippen molar-refractivity contribution in [1.82, 2.24) is 9.97 Å². The summed E-state index contributed by atoms with van der Waals surface area (Å²) >= 11 is 7.51. The molecule has 0 amide bonds. The first-order valence-electron chi connectivity index (χ1n) is 4.75. The smallest absolute Gasteiger partial charge is 0.223 e. The Hall–Kier alpha value is -0.280. The first-order valence-corrected chi connectivity index (χ1v) is 6.12. The molecule has 14 heavy (non-hydrogen) atoms. The normalized spacial score (nSPS) is 12.9. The first kappa shape index (κ1) is 11.8. The minimum atomic E-state index is 0.344. The number of thioether (sulfide) groups is 1. The van der Waals surface area contributed by atoms with Gasteiger partial charge in [0.15, 0.2) is 0 Å². The van der Waals surface area contributed by atoms with Crippen LogP contribution in [0, 0.1) is 12.8 Å². The molecule has 0 aliphatic heterocycles. The van der Waals surface area contributed by atoms with Crippen molar-refractivity contribution < 1.29 is 0 Å². The largest absolute Gasteiger partial charge is 0.223 e. The van der Waals surface area contributed by atoms with E-state index in [1.807, 2.05) is 13.0 Å². The summed E-state index contributed by atoms with van der Waals surface area (Å²) in [5.74, 6) is 1.80. The van der Waals surface area contributed by atoms with Gasteiger partial charge < -0.3 is 0 Å². The number of nitrogens with zero attached hydrogens (tertiary/aromatic N) is 2. The molecular formula is C10H15ClN2S.